The molecule has 1 N–H and O–H groups in total. The number of ether oxygens (including phenoxy) is 1. The van der Waals surface area contributed by atoms with Gasteiger partial charge in [0.1, 0.15) is 0 Å². The molecule has 2 aromatic carbocycles. The van der Waals surface area contributed by atoms with E-state index in [4.69, 9.17) is 4.74 Å². The highest BCUT2D eigenvalue weighted by molar-refractivity contribution is 5.96. The first-order valence-corrected chi connectivity index (χ1v) is 13.6. The summed E-state index contributed by atoms with van der Waals surface area (Å²) in [7, 11) is 1.44. The van der Waals surface area contributed by atoms with Crippen LogP contribution in [0.25, 0.3) is 0 Å². The van der Waals surface area contributed by atoms with E-state index in [0.717, 1.165) is 51.0 Å². The second-order valence-corrected chi connectivity index (χ2v) is 10.7. The van der Waals surface area contributed by atoms with Crippen molar-refractivity contribution >= 4 is 17.7 Å². The van der Waals surface area contributed by atoms with Crippen molar-refractivity contribution in [3.8, 4) is 0 Å². The van der Waals surface area contributed by atoms with Crippen LogP contribution in [0.15, 0.2) is 48.5 Å². The van der Waals surface area contributed by atoms with Gasteiger partial charge in [0.05, 0.1) is 12.6 Å². The Hall–Kier alpha value is -2.86. The topological polar surface area (TPSA) is 61.9 Å². The molecular formula is C30H39N3O3. The number of esters is 1. The third-order valence-corrected chi connectivity index (χ3v) is 8.64. The molecule has 0 spiro atoms. The maximum absolute atomic E-state index is 13.3. The number of hydrogen-bond donors (Lipinski definition) is 1. The summed E-state index contributed by atoms with van der Waals surface area (Å²) in [6.07, 6.45) is 8.79. The van der Waals surface area contributed by atoms with Gasteiger partial charge in [0, 0.05) is 38.3 Å². The molecule has 1 aliphatic carbocycles. The number of methoxy groups -OCH3 is 1. The molecule has 36 heavy (non-hydrogen) atoms. The Morgan fingerprint density at radius 3 is 2.53 bits per heavy atom. The maximum atomic E-state index is 13.3. The standard InChI is InChI=1S/C30H39N3O3/c1-36-28(34)14-17-30(26-10-6-3-7-11-26)22-31-29(35)33(30)27-13-12-24-15-18-32(19-16-25(24)20-27)21-23-8-4-2-5-9-23/h2,4-5,8-9,12-13,20,26H,3,6-7,10-11,14-19,21-22H2,1H3,(H,31,35). The van der Waals surface area contributed by atoms with Crippen molar-refractivity contribution < 1.29 is 14.3 Å². The van der Waals surface area contributed by atoms with E-state index in [9.17, 15) is 9.59 Å². The molecule has 6 nitrogen and oxygen atoms in total. The Morgan fingerprint density at radius 1 is 1.03 bits per heavy atom. The first-order valence-electron chi connectivity index (χ1n) is 13.6. The van der Waals surface area contributed by atoms with Gasteiger partial charge in [0.2, 0.25) is 0 Å². The van der Waals surface area contributed by atoms with Crippen LogP contribution in [0, 0.1) is 5.92 Å². The molecule has 0 aromatic heterocycles. The van der Waals surface area contributed by atoms with Crippen LogP contribution in [0.5, 0.6) is 0 Å². The van der Waals surface area contributed by atoms with Gasteiger partial charge in [0.15, 0.2) is 0 Å². The van der Waals surface area contributed by atoms with E-state index < -0.39 is 0 Å². The molecule has 1 unspecified atom stereocenters. The Bertz CT molecular complexity index is 1070. The molecule has 2 aromatic rings. The average Bonchev–Trinajstić information content (AvgIpc) is 3.13. The summed E-state index contributed by atoms with van der Waals surface area (Å²) in [5.41, 5.74) is 4.65. The van der Waals surface area contributed by atoms with Crippen LogP contribution in [-0.4, -0.2) is 49.2 Å². The fourth-order valence-corrected chi connectivity index (χ4v) is 6.65. The van der Waals surface area contributed by atoms with Crippen LogP contribution in [0.1, 0.15) is 61.6 Å². The van der Waals surface area contributed by atoms with E-state index in [2.05, 4.69) is 58.7 Å². The second-order valence-electron chi connectivity index (χ2n) is 10.7. The number of hydrogen-bond acceptors (Lipinski definition) is 4. The minimum absolute atomic E-state index is 0.0373. The molecule has 2 heterocycles. The summed E-state index contributed by atoms with van der Waals surface area (Å²) >= 11 is 0. The number of carbonyl (C=O) groups is 2. The van der Waals surface area contributed by atoms with Gasteiger partial charge in [-0.2, -0.15) is 0 Å². The van der Waals surface area contributed by atoms with Gasteiger partial charge in [-0.25, -0.2) is 4.79 Å². The maximum Gasteiger partial charge on any atom is 0.322 e. The lowest BCUT2D eigenvalue weighted by Gasteiger charge is -2.45. The molecule has 2 aliphatic heterocycles. The van der Waals surface area contributed by atoms with Crippen molar-refractivity contribution in [1.82, 2.24) is 10.2 Å². The zero-order chi connectivity index (χ0) is 25.0. The van der Waals surface area contributed by atoms with Crippen LogP contribution >= 0.6 is 0 Å². The number of amides is 2. The lowest BCUT2D eigenvalue weighted by atomic mass is 9.71. The summed E-state index contributed by atoms with van der Waals surface area (Å²) < 4.78 is 4.98. The molecular weight excluding hydrogens is 450 g/mol. The van der Waals surface area contributed by atoms with Gasteiger partial charge in [-0.1, -0.05) is 55.7 Å². The summed E-state index contributed by atoms with van der Waals surface area (Å²) in [6, 6.07) is 17.2. The van der Waals surface area contributed by atoms with Crippen molar-refractivity contribution in [3.63, 3.8) is 0 Å². The molecule has 3 aliphatic rings. The van der Waals surface area contributed by atoms with E-state index in [1.165, 1.54) is 43.1 Å². The van der Waals surface area contributed by atoms with Crippen molar-refractivity contribution in [1.29, 1.82) is 0 Å². The molecule has 2 fully saturated rings. The first kappa shape index (κ1) is 24.8. The van der Waals surface area contributed by atoms with Gasteiger partial charge in [-0.3, -0.25) is 14.6 Å². The molecule has 192 valence electrons. The fourth-order valence-electron chi connectivity index (χ4n) is 6.65. The largest absolute Gasteiger partial charge is 0.469 e. The van der Waals surface area contributed by atoms with E-state index in [-0.39, 0.29) is 17.5 Å². The van der Waals surface area contributed by atoms with Gasteiger partial charge < -0.3 is 10.1 Å². The highest BCUT2D eigenvalue weighted by atomic mass is 16.5. The number of carbonyl (C=O) groups excluding carboxylic acids is 2. The average molecular weight is 490 g/mol. The lowest BCUT2D eigenvalue weighted by molar-refractivity contribution is -0.141. The number of urea groups is 1. The van der Waals surface area contributed by atoms with Crippen LogP contribution < -0.4 is 10.2 Å². The number of rotatable bonds is 7. The van der Waals surface area contributed by atoms with Gasteiger partial charge in [-0.15, -0.1) is 0 Å². The molecule has 2 amide bonds. The van der Waals surface area contributed by atoms with Gasteiger partial charge in [-0.05, 0) is 66.8 Å². The predicted molar refractivity (Wildman–Crippen MR) is 142 cm³/mol. The summed E-state index contributed by atoms with van der Waals surface area (Å²) in [5, 5.41) is 3.15. The van der Waals surface area contributed by atoms with Crippen LogP contribution in [0.4, 0.5) is 10.5 Å². The molecule has 1 atom stereocenters. The molecule has 5 rings (SSSR count). The zero-order valence-corrected chi connectivity index (χ0v) is 21.5. The number of benzene rings is 2. The Balaban J connectivity index is 1.39. The summed E-state index contributed by atoms with van der Waals surface area (Å²) in [6.45, 7) is 3.61. The quantitative estimate of drug-likeness (QED) is 0.551. The van der Waals surface area contributed by atoms with Crippen LogP contribution in [-0.2, 0) is 28.9 Å². The Morgan fingerprint density at radius 2 is 1.78 bits per heavy atom. The van der Waals surface area contributed by atoms with E-state index >= 15 is 0 Å². The second kappa shape index (κ2) is 11.0. The molecule has 6 heteroatoms. The van der Waals surface area contributed by atoms with E-state index in [0.29, 0.717) is 25.3 Å². The minimum Gasteiger partial charge on any atom is -0.469 e. The van der Waals surface area contributed by atoms with Crippen molar-refractivity contribution in [3.05, 3.63) is 65.2 Å². The van der Waals surface area contributed by atoms with Crippen molar-refractivity contribution in [2.75, 3.05) is 31.6 Å². The van der Waals surface area contributed by atoms with Crippen LogP contribution in [0.2, 0.25) is 0 Å². The minimum atomic E-state index is -0.385. The third-order valence-electron chi connectivity index (χ3n) is 8.64. The monoisotopic (exact) mass is 489 g/mol. The van der Waals surface area contributed by atoms with Gasteiger partial charge >= 0.3 is 12.0 Å². The molecule has 0 bridgehead atoms. The highest BCUT2D eigenvalue weighted by Crippen LogP contribution is 2.44. The Labute approximate surface area is 215 Å². The number of anilines is 1. The zero-order valence-electron chi connectivity index (χ0n) is 21.5. The summed E-state index contributed by atoms with van der Waals surface area (Å²) in [5.74, 6) is 0.181. The molecule has 0 radical (unpaired) electrons. The van der Waals surface area contributed by atoms with Crippen LogP contribution in [0.3, 0.4) is 0 Å². The van der Waals surface area contributed by atoms with Gasteiger partial charge in [0.25, 0.3) is 0 Å². The number of nitrogens with one attached hydrogen (secondary N) is 1. The lowest BCUT2D eigenvalue weighted by Crippen LogP contribution is -2.54. The smallest absolute Gasteiger partial charge is 0.322 e. The predicted octanol–water partition coefficient (Wildman–Crippen LogP) is 5.09. The number of nitrogens with zero attached hydrogens (tertiary/aromatic N) is 2. The SMILES string of the molecule is COC(=O)CCC1(C2CCCCC2)CNC(=O)N1c1ccc2c(c1)CCN(Cc1ccccc1)CC2. The highest BCUT2D eigenvalue weighted by Gasteiger charge is 2.51. The normalized spacial score (nSPS) is 23.1. The molecule has 1 saturated carbocycles. The number of fused-ring (bicyclic) bond motifs is 1. The Kier molecular flexibility index (Phi) is 7.61. The van der Waals surface area contributed by atoms with Crippen molar-refractivity contribution in [2.45, 2.75) is 69.9 Å². The fraction of sp³-hybridized carbons (Fsp3) is 0.533. The first-order chi connectivity index (χ1) is 17.6. The third kappa shape index (κ3) is 5.15. The van der Waals surface area contributed by atoms with Crippen molar-refractivity contribution in [2.24, 2.45) is 5.92 Å². The van der Waals surface area contributed by atoms with E-state index in [1.54, 1.807) is 0 Å². The molecule has 1 saturated heterocycles. The summed E-state index contributed by atoms with van der Waals surface area (Å²) in [4.78, 5) is 30.0. The van der Waals surface area contributed by atoms with E-state index in [1.807, 2.05) is 4.90 Å².